The number of nitriles is 1. The van der Waals surface area contributed by atoms with E-state index in [-0.39, 0.29) is 5.91 Å². The number of carbonyl (C=O) groups excluding carboxylic acids is 1. The highest BCUT2D eigenvalue weighted by atomic mass is 35.5. The fourth-order valence-electron chi connectivity index (χ4n) is 2.95. The first-order chi connectivity index (χ1) is 15.1. The molecule has 0 unspecified atom stereocenters. The van der Waals surface area contributed by atoms with Gasteiger partial charge in [-0.25, -0.2) is 4.68 Å². The first kappa shape index (κ1) is 20.1. The third kappa shape index (κ3) is 4.55. The fraction of sp³-hybridized carbons (Fsp3) is 0.0435. The van der Waals surface area contributed by atoms with Gasteiger partial charge in [-0.05, 0) is 54.6 Å². The average Bonchev–Trinajstić information content (AvgIpc) is 3.29. The van der Waals surface area contributed by atoms with E-state index in [1.807, 2.05) is 12.1 Å². The molecule has 3 aromatic carbocycles. The quantitative estimate of drug-likeness (QED) is 0.495. The van der Waals surface area contributed by atoms with Crippen molar-refractivity contribution in [2.75, 3.05) is 12.4 Å². The molecule has 0 saturated carbocycles. The van der Waals surface area contributed by atoms with Crippen molar-refractivity contribution in [2.45, 2.75) is 0 Å². The predicted molar refractivity (Wildman–Crippen MR) is 117 cm³/mol. The minimum Gasteiger partial charge on any atom is -0.497 e. The average molecular weight is 430 g/mol. The molecular weight excluding hydrogens is 414 g/mol. The number of nitrogens with zero attached hydrogens (tertiary/aromatic N) is 4. The van der Waals surface area contributed by atoms with Crippen molar-refractivity contribution in [1.82, 2.24) is 15.0 Å². The van der Waals surface area contributed by atoms with Gasteiger partial charge in [-0.1, -0.05) is 28.9 Å². The van der Waals surface area contributed by atoms with Crippen LogP contribution in [0.2, 0.25) is 5.02 Å². The van der Waals surface area contributed by atoms with Crippen molar-refractivity contribution in [3.8, 4) is 28.8 Å². The van der Waals surface area contributed by atoms with Crippen LogP contribution in [0, 0.1) is 11.3 Å². The number of halogens is 1. The van der Waals surface area contributed by atoms with Crippen LogP contribution < -0.4 is 10.1 Å². The van der Waals surface area contributed by atoms with Crippen LogP contribution in [-0.4, -0.2) is 28.0 Å². The zero-order valence-electron chi connectivity index (χ0n) is 16.4. The fourth-order valence-corrected chi connectivity index (χ4v) is 3.18. The second kappa shape index (κ2) is 8.69. The number of ether oxygens (including phenoxy) is 1. The molecule has 1 aromatic heterocycles. The lowest BCUT2D eigenvalue weighted by molar-refractivity contribution is 0.102. The second-order valence-corrected chi connectivity index (χ2v) is 7.05. The maximum absolute atomic E-state index is 12.5. The van der Waals surface area contributed by atoms with Crippen molar-refractivity contribution in [2.24, 2.45) is 0 Å². The van der Waals surface area contributed by atoms with Crippen molar-refractivity contribution >= 4 is 23.2 Å². The van der Waals surface area contributed by atoms with Gasteiger partial charge in [0.05, 0.1) is 30.6 Å². The van der Waals surface area contributed by atoms with Crippen LogP contribution in [0.4, 0.5) is 5.69 Å². The molecule has 1 heterocycles. The zero-order valence-corrected chi connectivity index (χ0v) is 17.2. The summed E-state index contributed by atoms with van der Waals surface area (Å²) in [7, 11) is 1.52. The van der Waals surface area contributed by atoms with Crippen LogP contribution in [-0.2, 0) is 0 Å². The normalized spacial score (nSPS) is 10.4. The Hall–Kier alpha value is -4.15. The molecule has 0 fully saturated rings. The molecule has 8 heteroatoms. The smallest absolute Gasteiger partial charge is 0.255 e. The number of nitrogens with one attached hydrogen (secondary N) is 1. The van der Waals surface area contributed by atoms with Crippen molar-refractivity contribution in [3.63, 3.8) is 0 Å². The Morgan fingerprint density at radius 1 is 1.10 bits per heavy atom. The zero-order chi connectivity index (χ0) is 21.8. The molecule has 4 aromatic rings. The maximum atomic E-state index is 12.5. The van der Waals surface area contributed by atoms with E-state index in [9.17, 15) is 4.79 Å². The van der Waals surface area contributed by atoms with Crippen molar-refractivity contribution in [1.29, 1.82) is 5.26 Å². The molecule has 1 N–H and O–H groups in total. The number of amides is 1. The molecule has 0 radical (unpaired) electrons. The SMILES string of the molecule is COc1cc(Cl)cc(C(=O)Nc2ccc(-c3cn(-c4ccc(C#N)cc4)nn3)cc2)c1. The maximum Gasteiger partial charge on any atom is 0.255 e. The van der Waals surface area contributed by atoms with Crippen LogP contribution in [0.25, 0.3) is 16.9 Å². The Kier molecular flexibility index (Phi) is 5.65. The molecular formula is C23H16ClN5O2. The Morgan fingerprint density at radius 2 is 1.84 bits per heavy atom. The van der Waals surface area contributed by atoms with E-state index in [0.29, 0.717) is 33.3 Å². The molecule has 0 atom stereocenters. The van der Waals surface area contributed by atoms with Gasteiger partial charge in [-0.15, -0.1) is 5.10 Å². The molecule has 7 nitrogen and oxygen atoms in total. The van der Waals surface area contributed by atoms with E-state index in [1.165, 1.54) is 7.11 Å². The summed E-state index contributed by atoms with van der Waals surface area (Å²) in [5, 5.41) is 20.5. The van der Waals surface area contributed by atoms with Gasteiger partial charge in [0.25, 0.3) is 5.91 Å². The summed E-state index contributed by atoms with van der Waals surface area (Å²) in [5.41, 5.74) is 3.95. The van der Waals surface area contributed by atoms with E-state index in [2.05, 4.69) is 21.7 Å². The molecule has 0 aliphatic carbocycles. The summed E-state index contributed by atoms with van der Waals surface area (Å²) in [4.78, 5) is 12.5. The number of hydrogen-bond donors (Lipinski definition) is 1. The van der Waals surface area contributed by atoms with Gasteiger partial charge >= 0.3 is 0 Å². The van der Waals surface area contributed by atoms with E-state index in [4.69, 9.17) is 21.6 Å². The highest BCUT2D eigenvalue weighted by Crippen LogP contribution is 2.23. The molecule has 31 heavy (non-hydrogen) atoms. The van der Waals surface area contributed by atoms with Crippen LogP contribution in [0.3, 0.4) is 0 Å². The standard InChI is InChI=1S/C23H16ClN5O2/c1-31-21-11-17(10-18(24)12-21)23(30)26-19-6-4-16(5-7-19)22-14-29(28-27-22)20-8-2-15(13-25)3-9-20/h2-12,14H,1H3,(H,26,30). The van der Waals surface area contributed by atoms with Crippen LogP contribution in [0.1, 0.15) is 15.9 Å². The van der Waals surface area contributed by atoms with Crippen LogP contribution in [0.15, 0.2) is 72.9 Å². The summed E-state index contributed by atoms with van der Waals surface area (Å²) < 4.78 is 6.79. The number of benzene rings is 3. The van der Waals surface area contributed by atoms with Gasteiger partial charge in [0, 0.05) is 21.8 Å². The van der Waals surface area contributed by atoms with Crippen molar-refractivity contribution < 1.29 is 9.53 Å². The molecule has 0 spiro atoms. The summed E-state index contributed by atoms with van der Waals surface area (Å²) in [5.74, 6) is 0.221. The molecule has 0 bridgehead atoms. The third-order valence-corrected chi connectivity index (χ3v) is 4.78. The lowest BCUT2D eigenvalue weighted by Gasteiger charge is -2.08. The molecule has 0 aliphatic heterocycles. The lowest BCUT2D eigenvalue weighted by Crippen LogP contribution is -2.12. The van der Waals surface area contributed by atoms with Gasteiger partial charge < -0.3 is 10.1 Å². The topological polar surface area (TPSA) is 92.8 Å². The molecule has 4 rings (SSSR count). The van der Waals surface area contributed by atoms with Gasteiger partial charge in [0.15, 0.2) is 0 Å². The molecule has 1 amide bonds. The summed E-state index contributed by atoms with van der Waals surface area (Å²) in [6.45, 7) is 0. The van der Waals surface area contributed by atoms with Crippen LogP contribution >= 0.6 is 11.6 Å². The number of methoxy groups -OCH3 is 1. The highest BCUT2D eigenvalue weighted by molar-refractivity contribution is 6.31. The Balaban J connectivity index is 1.48. The number of carbonyl (C=O) groups is 1. The van der Waals surface area contributed by atoms with Gasteiger partial charge in [0.1, 0.15) is 11.4 Å². The van der Waals surface area contributed by atoms with Crippen LogP contribution in [0.5, 0.6) is 5.75 Å². The largest absolute Gasteiger partial charge is 0.497 e. The first-order valence-electron chi connectivity index (χ1n) is 9.25. The minimum absolute atomic E-state index is 0.291. The summed E-state index contributed by atoms with van der Waals surface area (Å²) in [6, 6.07) is 21.3. The van der Waals surface area contributed by atoms with Gasteiger partial charge in [-0.2, -0.15) is 5.26 Å². The summed E-state index contributed by atoms with van der Waals surface area (Å²) in [6.07, 6.45) is 1.80. The van der Waals surface area contributed by atoms with E-state index >= 15 is 0 Å². The molecule has 152 valence electrons. The monoisotopic (exact) mass is 429 g/mol. The van der Waals surface area contributed by atoms with Crippen molar-refractivity contribution in [3.05, 3.63) is 89.1 Å². The Labute approximate surface area is 183 Å². The number of aromatic nitrogens is 3. The lowest BCUT2D eigenvalue weighted by atomic mass is 10.1. The van der Waals surface area contributed by atoms with Gasteiger partial charge in [0.2, 0.25) is 0 Å². The summed E-state index contributed by atoms with van der Waals surface area (Å²) >= 11 is 6.04. The van der Waals surface area contributed by atoms with E-state index in [1.54, 1.807) is 65.5 Å². The van der Waals surface area contributed by atoms with E-state index < -0.39 is 0 Å². The number of hydrogen-bond acceptors (Lipinski definition) is 5. The molecule has 0 saturated heterocycles. The number of anilines is 1. The highest BCUT2D eigenvalue weighted by Gasteiger charge is 2.10. The number of rotatable bonds is 5. The Bertz CT molecular complexity index is 1270. The third-order valence-electron chi connectivity index (χ3n) is 4.56. The first-order valence-corrected chi connectivity index (χ1v) is 9.63. The van der Waals surface area contributed by atoms with Gasteiger partial charge in [-0.3, -0.25) is 4.79 Å². The second-order valence-electron chi connectivity index (χ2n) is 6.62. The van der Waals surface area contributed by atoms with E-state index in [0.717, 1.165) is 11.3 Å². The molecule has 0 aliphatic rings. The Morgan fingerprint density at radius 3 is 2.52 bits per heavy atom. The predicted octanol–water partition coefficient (Wildman–Crippen LogP) is 4.72. The minimum atomic E-state index is -0.291.